The van der Waals surface area contributed by atoms with E-state index in [4.69, 9.17) is 32.8 Å². The zero-order valence-corrected chi connectivity index (χ0v) is 18.9. The van der Waals surface area contributed by atoms with Crippen LogP contribution in [0.5, 0.6) is 5.75 Å². The van der Waals surface area contributed by atoms with Gasteiger partial charge in [0, 0.05) is 29.3 Å². The van der Waals surface area contributed by atoms with E-state index in [1.165, 1.54) is 11.8 Å². The predicted molar refractivity (Wildman–Crippen MR) is 120 cm³/mol. The van der Waals surface area contributed by atoms with Crippen LogP contribution in [0.15, 0.2) is 47.6 Å². The highest BCUT2D eigenvalue weighted by atomic mass is 35.5. The minimum Gasteiger partial charge on any atom is -0.427 e. The molecule has 2 saturated carbocycles. The fourth-order valence-electron chi connectivity index (χ4n) is 6.13. The average molecular weight is 485 g/mol. The molecule has 0 radical (unpaired) electrons. The van der Waals surface area contributed by atoms with Crippen LogP contribution in [-0.2, 0) is 19.2 Å². The maximum absolute atomic E-state index is 13.5. The monoisotopic (exact) mass is 484 g/mol. The number of imide groups is 1. The summed E-state index contributed by atoms with van der Waals surface area (Å²) >= 11 is 12.5. The molecule has 9 heteroatoms. The highest BCUT2D eigenvalue weighted by Gasteiger charge is 2.70. The molecule has 2 aromatic rings. The van der Waals surface area contributed by atoms with Crippen LogP contribution >= 0.6 is 23.2 Å². The molecule has 168 valence electrons. The van der Waals surface area contributed by atoms with Gasteiger partial charge in [-0.2, -0.15) is 0 Å². The van der Waals surface area contributed by atoms with Gasteiger partial charge >= 0.3 is 5.97 Å². The molecule has 6 rings (SSSR count). The molecule has 2 aliphatic carbocycles. The van der Waals surface area contributed by atoms with Crippen molar-refractivity contribution in [2.75, 3.05) is 4.90 Å². The molecule has 7 nitrogen and oxygen atoms in total. The Kier molecular flexibility index (Phi) is 4.58. The lowest BCUT2D eigenvalue weighted by Gasteiger charge is -2.30. The third kappa shape index (κ3) is 2.95. The van der Waals surface area contributed by atoms with E-state index in [2.05, 4.69) is 5.16 Å². The first kappa shape index (κ1) is 20.7. The lowest BCUT2D eigenvalue weighted by atomic mass is 9.71. The molecule has 2 bridgehead atoms. The van der Waals surface area contributed by atoms with Gasteiger partial charge in [0.1, 0.15) is 11.9 Å². The Bertz CT molecular complexity index is 1240. The second kappa shape index (κ2) is 7.30. The van der Waals surface area contributed by atoms with Crippen molar-refractivity contribution >= 4 is 52.4 Å². The number of benzene rings is 2. The Morgan fingerprint density at radius 3 is 2.39 bits per heavy atom. The Labute approximate surface area is 199 Å². The molecule has 0 spiro atoms. The fraction of sp³-hybridized carbons (Fsp3) is 0.333. The van der Waals surface area contributed by atoms with Gasteiger partial charge in [-0.25, -0.2) is 0 Å². The molecule has 2 aliphatic heterocycles. The van der Waals surface area contributed by atoms with Gasteiger partial charge < -0.3 is 9.57 Å². The number of carbonyl (C=O) groups is 3. The molecule has 6 atom stereocenters. The van der Waals surface area contributed by atoms with E-state index in [0.717, 1.165) is 17.7 Å². The maximum Gasteiger partial charge on any atom is 0.308 e. The van der Waals surface area contributed by atoms with E-state index in [9.17, 15) is 14.4 Å². The summed E-state index contributed by atoms with van der Waals surface area (Å²) in [5, 5.41) is 5.33. The van der Waals surface area contributed by atoms with Crippen LogP contribution in [0.1, 0.15) is 18.9 Å². The number of ether oxygens (including phenoxy) is 1. The molecule has 0 aromatic heterocycles. The van der Waals surface area contributed by atoms with Crippen molar-refractivity contribution in [2.24, 2.45) is 34.7 Å². The van der Waals surface area contributed by atoms with Crippen molar-refractivity contribution in [3.05, 3.63) is 58.1 Å². The number of amides is 2. The summed E-state index contributed by atoms with van der Waals surface area (Å²) in [6, 6.07) is 11.6. The summed E-state index contributed by atoms with van der Waals surface area (Å²) < 4.78 is 5.05. The molecule has 4 aliphatic rings. The summed E-state index contributed by atoms with van der Waals surface area (Å²) in [5.74, 6) is -1.58. The largest absolute Gasteiger partial charge is 0.427 e. The molecule has 0 N–H and O–H groups in total. The van der Waals surface area contributed by atoms with Crippen molar-refractivity contribution in [3.8, 4) is 5.75 Å². The molecule has 3 fully saturated rings. The van der Waals surface area contributed by atoms with E-state index in [0.29, 0.717) is 21.5 Å². The second-order valence-electron chi connectivity index (χ2n) is 8.91. The number of esters is 1. The molecule has 33 heavy (non-hydrogen) atoms. The molecule has 1 saturated heterocycles. The number of oxime groups is 1. The highest BCUT2D eigenvalue weighted by Crippen LogP contribution is 2.62. The van der Waals surface area contributed by atoms with Gasteiger partial charge in [0.15, 0.2) is 0 Å². The van der Waals surface area contributed by atoms with E-state index in [1.54, 1.807) is 36.4 Å². The second-order valence-corrected chi connectivity index (χ2v) is 9.75. The van der Waals surface area contributed by atoms with Crippen LogP contribution in [0.2, 0.25) is 10.0 Å². The summed E-state index contributed by atoms with van der Waals surface area (Å²) in [5.41, 5.74) is 1.93. The van der Waals surface area contributed by atoms with Gasteiger partial charge in [0.05, 0.1) is 28.3 Å². The summed E-state index contributed by atoms with van der Waals surface area (Å²) in [6.45, 7) is 1.31. The minimum absolute atomic E-state index is 0.0558. The Hall–Kier alpha value is -2.90. The zero-order chi connectivity index (χ0) is 23.0. The quantitative estimate of drug-likeness (QED) is 0.372. The van der Waals surface area contributed by atoms with E-state index in [-0.39, 0.29) is 35.7 Å². The standard InChI is InChI=1S/C24H18Cl2N2O5/c1-10(29)32-13-5-3-12(4-6-13)28-23(30)18-15-9-16(19(18)24(28)31)22-20(15)21(27-33-22)14-7-2-11(25)8-17(14)26/h2-8,15-16,18-20,22H,9H2,1H3/t15-,16+,18+,19+,20+,22-/m1/s1. The number of hydrogen-bond donors (Lipinski definition) is 0. The number of halogens is 2. The van der Waals surface area contributed by atoms with E-state index >= 15 is 0 Å². The van der Waals surface area contributed by atoms with Gasteiger partial charge in [-0.1, -0.05) is 34.4 Å². The SMILES string of the molecule is CC(=O)Oc1ccc(N2C(=O)[C@H]3[C@@H]4C[C@@H]([C@H]5C(c6ccc(Cl)cc6Cl)=NO[C@H]45)[C@@H]3C2=O)cc1. The highest BCUT2D eigenvalue weighted by molar-refractivity contribution is 6.37. The molecule has 2 heterocycles. The van der Waals surface area contributed by atoms with Crippen LogP contribution in [0.3, 0.4) is 0 Å². The number of carbonyl (C=O) groups excluding carboxylic acids is 3. The van der Waals surface area contributed by atoms with E-state index in [1.807, 2.05) is 6.07 Å². The van der Waals surface area contributed by atoms with Crippen molar-refractivity contribution < 1.29 is 24.0 Å². The van der Waals surface area contributed by atoms with Gasteiger partial charge in [-0.15, -0.1) is 0 Å². The van der Waals surface area contributed by atoms with Crippen LogP contribution in [0, 0.1) is 29.6 Å². The zero-order valence-electron chi connectivity index (χ0n) is 17.4. The van der Waals surface area contributed by atoms with E-state index < -0.39 is 17.8 Å². The number of nitrogens with zero attached hydrogens (tertiary/aromatic N) is 2. The van der Waals surface area contributed by atoms with Crippen LogP contribution < -0.4 is 9.64 Å². The van der Waals surface area contributed by atoms with Crippen molar-refractivity contribution in [1.29, 1.82) is 0 Å². The Morgan fingerprint density at radius 1 is 1.03 bits per heavy atom. The summed E-state index contributed by atoms with van der Waals surface area (Å²) in [4.78, 5) is 45.1. The smallest absolute Gasteiger partial charge is 0.308 e. The third-order valence-electron chi connectivity index (χ3n) is 7.25. The normalized spacial score (nSPS) is 31.4. The maximum atomic E-state index is 13.5. The molecule has 0 unspecified atom stereocenters. The van der Waals surface area contributed by atoms with Crippen LogP contribution in [-0.4, -0.2) is 29.6 Å². The molecular weight excluding hydrogens is 467 g/mol. The summed E-state index contributed by atoms with van der Waals surface area (Å²) in [6.07, 6.45) is 0.493. The predicted octanol–water partition coefficient (Wildman–Crippen LogP) is 4.09. The molecular formula is C24H18Cl2N2O5. The first-order valence-corrected chi connectivity index (χ1v) is 11.5. The summed E-state index contributed by atoms with van der Waals surface area (Å²) in [7, 11) is 0. The lowest BCUT2D eigenvalue weighted by Crippen LogP contribution is -2.41. The first-order valence-electron chi connectivity index (χ1n) is 10.7. The fourth-order valence-corrected chi connectivity index (χ4v) is 6.63. The Balaban J connectivity index is 1.30. The molecule has 2 aromatic carbocycles. The van der Waals surface area contributed by atoms with Gasteiger partial charge in [-0.3, -0.25) is 19.3 Å². The topological polar surface area (TPSA) is 85.3 Å². The molecule has 2 amide bonds. The van der Waals surface area contributed by atoms with Gasteiger partial charge in [0.25, 0.3) is 0 Å². The number of anilines is 1. The average Bonchev–Trinajstić information content (AvgIpc) is 3.49. The lowest BCUT2D eigenvalue weighted by molar-refractivity contribution is -0.132. The first-order chi connectivity index (χ1) is 15.8. The van der Waals surface area contributed by atoms with Crippen molar-refractivity contribution in [2.45, 2.75) is 19.4 Å². The number of fused-ring (bicyclic) bond motifs is 8. The number of hydrogen-bond acceptors (Lipinski definition) is 6. The third-order valence-corrected chi connectivity index (χ3v) is 7.80. The van der Waals surface area contributed by atoms with Gasteiger partial charge in [0.2, 0.25) is 11.8 Å². The number of rotatable bonds is 3. The van der Waals surface area contributed by atoms with Crippen LogP contribution in [0.25, 0.3) is 0 Å². The van der Waals surface area contributed by atoms with Crippen molar-refractivity contribution in [1.82, 2.24) is 0 Å². The van der Waals surface area contributed by atoms with Gasteiger partial charge in [-0.05, 0) is 48.7 Å². The minimum atomic E-state index is -0.438. The van der Waals surface area contributed by atoms with Crippen molar-refractivity contribution in [3.63, 3.8) is 0 Å². The van der Waals surface area contributed by atoms with Crippen LogP contribution in [0.4, 0.5) is 5.69 Å². The Morgan fingerprint density at radius 2 is 1.73 bits per heavy atom.